The minimum atomic E-state index is -0.450. The van der Waals surface area contributed by atoms with Gasteiger partial charge in [0.1, 0.15) is 11.6 Å². The number of carbonyl (C=O) groups is 1. The van der Waals surface area contributed by atoms with Crippen molar-refractivity contribution in [2.45, 2.75) is 33.7 Å². The zero-order valence-corrected chi connectivity index (χ0v) is 20.0. The molecular formula is C28H29N3O3. The zero-order chi connectivity index (χ0) is 24.2. The average molecular weight is 456 g/mol. The molecular weight excluding hydrogens is 426 g/mol. The van der Waals surface area contributed by atoms with Gasteiger partial charge in [0.15, 0.2) is 6.61 Å². The predicted molar refractivity (Wildman–Crippen MR) is 135 cm³/mol. The highest BCUT2D eigenvalue weighted by atomic mass is 16.5. The molecule has 6 nitrogen and oxygen atoms in total. The number of hydrogen-bond donors (Lipinski definition) is 0. The molecule has 0 spiro atoms. The van der Waals surface area contributed by atoms with Crippen LogP contribution in [0.3, 0.4) is 0 Å². The Morgan fingerprint density at radius 2 is 1.74 bits per heavy atom. The number of aromatic nitrogens is 2. The summed E-state index contributed by atoms with van der Waals surface area (Å²) < 4.78 is 7.36. The van der Waals surface area contributed by atoms with Crippen molar-refractivity contribution in [2.75, 3.05) is 13.2 Å². The largest absolute Gasteiger partial charge is 0.484 e. The fourth-order valence-electron chi connectivity index (χ4n) is 4.17. The predicted octanol–water partition coefficient (Wildman–Crippen LogP) is 4.99. The van der Waals surface area contributed by atoms with Crippen molar-refractivity contribution in [1.82, 2.24) is 14.5 Å². The van der Waals surface area contributed by atoms with Crippen LogP contribution < -0.4 is 10.3 Å². The van der Waals surface area contributed by atoms with E-state index >= 15 is 0 Å². The van der Waals surface area contributed by atoms with E-state index in [-0.39, 0.29) is 18.1 Å². The van der Waals surface area contributed by atoms with Gasteiger partial charge in [0, 0.05) is 6.54 Å². The normalized spacial score (nSPS) is 11.9. The molecule has 0 radical (unpaired) electrons. The highest BCUT2D eigenvalue weighted by molar-refractivity contribution is 5.79. The van der Waals surface area contributed by atoms with Crippen LogP contribution in [0.5, 0.6) is 5.75 Å². The van der Waals surface area contributed by atoms with Crippen LogP contribution in [0, 0.1) is 13.8 Å². The van der Waals surface area contributed by atoms with Crippen LogP contribution in [-0.4, -0.2) is 33.5 Å². The Morgan fingerprint density at radius 3 is 2.47 bits per heavy atom. The minimum absolute atomic E-state index is 0.0938. The van der Waals surface area contributed by atoms with Crippen LogP contribution in [0.1, 0.15) is 36.8 Å². The summed E-state index contributed by atoms with van der Waals surface area (Å²) in [6.45, 7) is 8.15. The zero-order valence-electron chi connectivity index (χ0n) is 20.0. The Bertz CT molecular complexity index is 1380. The van der Waals surface area contributed by atoms with E-state index in [0.717, 1.165) is 16.8 Å². The smallest absolute Gasteiger partial charge is 0.266 e. The fraction of sp³-hybridized carbons (Fsp3) is 0.250. The number of carbonyl (C=O) groups excluding carboxylic acids is 1. The molecule has 0 aliphatic rings. The first kappa shape index (κ1) is 23.2. The number of rotatable bonds is 7. The van der Waals surface area contributed by atoms with Crippen LogP contribution in [-0.2, 0) is 4.79 Å². The van der Waals surface area contributed by atoms with Crippen molar-refractivity contribution in [3.8, 4) is 11.4 Å². The number of benzene rings is 3. The summed E-state index contributed by atoms with van der Waals surface area (Å²) in [5, 5.41) is 0.543. The van der Waals surface area contributed by atoms with Gasteiger partial charge in [0.05, 0.1) is 22.6 Å². The summed E-state index contributed by atoms with van der Waals surface area (Å²) in [7, 11) is 0. The summed E-state index contributed by atoms with van der Waals surface area (Å²) >= 11 is 0. The van der Waals surface area contributed by atoms with Gasteiger partial charge in [0.2, 0.25) is 0 Å². The molecule has 0 fully saturated rings. The molecule has 0 saturated heterocycles. The van der Waals surface area contributed by atoms with Crippen LogP contribution in [0.15, 0.2) is 77.6 Å². The molecule has 3 aromatic carbocycles. The van der Waals surface area contributed by atoms with Crippen LogP contribution in [0.25, 0.3) is 16.6 Å². The van der Waals surface area contributed by atoms with Gasteiger partial charge >= 0.3 is 0 Å². The molecule has 34 heavy (non-hydrogen) atoms. The van der Waals surface area contributed by atoms with Gasteiger partial charge in [-0.25, -0.2) is 4.98 Å². The first-order valence-electron chi connectivity index (χ1n) is 11.5. The summed E-state index contributed by atoms with van der Waals surface area (Å²) in [4.78, 5) is 33.4. The van der Waals surface area contributed by atoms with Gasteiger partial charge < -0.3 is 9.64 Å². The highest BCUT2D eigenvalue weighted by Crippen LogP contribution is 2.25. The number of amides is 1. The second kappa shape index (κ2) is 9.91. The third-order valence-electron chi connectivity index (χ3n) is 6.01. The number of hydrogen-bond acceptors (Lipinski definition) is 4. The molecule has 0 saturated carbocycles. The van der Waals surface area contributed by atoms with Crippen LogP contribution in [0.4, 0.5) is 0 Å². The Morgan fingerprint density at radius 1 is 1.03 bits per heavy atom. The Kier molecular flexibility index (Phi) is 6.77. The summed E-state index contributed by atoms with van der Waals surface area (Å²) in [5.74, 6) is 0.983. The third kappa shape index (κ3) is 4.57. The molecule has 1 unspecified atom stereocenters. The van der Waals surface area contributed by atoms with Crippen molar-refractivity contribution >= 4 is 16.8 Å². The molecule has 1 amide bonds. The van der Waals surface area contributed by atoms with Crippen LogP contribution >= 0.6 is 0 Å². The minimum Gasteiger partial charge on any atom is -0.484 e. The molecule has 0 aliphatic carbocycles. The van der Waals surface area contributed by atoms with Gasteiger partial charge in [-0.05, 0) is 69.2 Å². The maximum absolute atomic E-state index is 13.7. The topological polar surface area (TPSA) is 64.4 Å². The van der Waals surface area contributed by atoms with Crippen molar-refractivity contribution < 1.29 is 9.53 Å². The molecule has 174 valence electrons. The van der Waals surface area contributed by atoms with E-state index in [1.54, 1.807) is 15.5 Å². The number of fused-ring (bicyclic) bond motifs is 1. The lowest BCUT2D eigenvalue weighted by atomic mass is 10.1. The molecule has 4 rings (SSSR count). The van der Waals surface area contributed by atoms with Gasteiger partial charge in [-0.15, -0.1) is 0 Å². The quantitative estimate of drug-likeness (QED) is 0.394. The summed E-state index contributed by atoms with van der Waals surface area (Å²) in [6, 6.07) is 22.1. The highest BCUT2D eigenvalue weighted by Gasteiger charge is 2.26. The second-order valence-corrected chi connectivity index (χ2v) is 8.38. The van der Waals surface area contributed by atoms with Gasteiger partial charge in [-0.3, -0.25) is 14.2 Å². The van der Waals surface area contributed by atoms with Crippen molar-refractivity contribution in [2.24, 2.45) is 0 Å². The van der Waals surface area contributed by atoms with E-state index in [1.807, 2.05) is 94.4 Å². The Hall–Kier alpha value is -3.93. The van der Waals surface area contributed by atoms with Crippen molar-refractivity contribution in [3.05, 3.63) is 100 Å². The van der Waals surface area contributed by atoms with E-state index in [1.165, 1.54) is 0 Å². The molecule has 4 aromatic rings. The van der Waals surface area contributed by atoms with E-state index in [4.69, 9.17) is 9.72 Å². The third-order valence-corrected chi connectivity index (χ3v) is 6.01. The SMILES string of the molecule is CCN(C(=O)COc1ccccc1)C(C)c1nc2ccccc2c(=O)n1-c1cc(C)ccc1C. The number of aryl methyl sites for hydroxylation is 2. The standard InChI is InChI=1S/C28H29N3O3/c1-5-30(26(32)18-34-22-11-7-6-8-12-22)21(4)27-29-24-14-10-9-13-23(24)28(33)31(27)25-17-19(2)15-16-20(25)3/h6-17,21H,5,18H2,1-4H3. The maximum Gasteiger partial charge on any atom is 0.266 e. The molecule has 1 atom stereocenters. The van der Waals surface area contributed by atoms with Gasteiger partial charge in [0.25, 0.3) is 11.5 Å². The number of likely N-dealkylation sites (N-methyl/N-ethyl adjacent to an activating group) is 1. The lowest BCUT2D eigenvalue weighted by Crippen LogP contribution is -2.39. The molecule has 0 bridgehead atoms. The first-order chi connectivity index (χ1) is 16.4. The first-order valence-corrected chi connectivity index (χ1v) is 11.5. The molecule has 1 aromatic heterocycles. The summed E-state index contributed by atoms with van der Waals surface area (Å²) in [5.41, 5.74) is 3.23. The van der Waals surface area contributed by atoms with Gasteiger partial charge in [-0.1, -0.05) is 42.5 Å². The number of ether oxygens (including phenoxy) is 1. The van der Waals surface area contributed by atoms with Crippen LogP contribution in [0.2, 0.25) is 0 Å². The van der Waals surface area contributed by atoms with E-state index in [9.17, 15) is 9.59 Å². The average Bonchev–Trinajstić information content (AvgIpc) is 2.85. The molecule has 0 N–H and O–H groups in total. The summed E-state index contributed by atoms with van der Waals surface area (Å²) in [6.07, 6.45) is 0. The van der Waals surface area contributed by atoms with Gasteiger partial charge in [-0.2, -0.15) is 0 Å². The Labute approximate surface area is 199 Å². The van der Waals surface area contributed by atoms with E-state index in [0.29, 0.717) is 29.0 Å². The lowest BCUT2D eigenvalue weighted by molar-refractivity contribution is -0.135. The lowest BCUT2D eigenvalue weighted by Gasteiger charge is -2.30. The number of para-hydroxylation sites is 2. The van der Waals surface area contributed by atoms with E-state index in [2.05, 4.69) is 0 Å². The molecule has 6 heteroatoms. The van der Waals surface area contributed by atoms with Crippen molar-refractivity contribution in [3.63, 3.8) is 0 Å². The second-order valence-electron chi connectivity index (χ2n) is 8.38. The molecule has 0 aliphatic heterocycles. The van der Waals surface area contributed by atoms with E-state index < -0.39 is 6.04 Å². The monoisotopic (exact) mass is 455 g/mol. The fourth-order valence-corrected chi connectivity index (χ4v) is 4.17. The van der Waals surface area contributed by atoms with Crippen molar-refractivity contribution in [1.29, 1.82) is 0 Å². The maximum atomic E-state index is 13.7. The Balaban J connectivity index is 1.79. The molecule has 1 heterocycles. The number of nitrogens with zero attached hydrogens (tertiary/aromatic N) is 3.